The van der Waals surface area contributed by atoms with Crippen molar-refractivity contribution in [2.45, 2.75) is 92.6 Å². The van der Waals surface area contributed by atoms with Crippen molar-refractivity contribution in [2.24, 2.45) is 0 Å². The van der Waals surface area contributed by atoms with Crippen LogP contribution < -0.4 is 0 Å². The Balaban J connectivity index is 5.49. The lowest BCUT2D eigenvalue weighted by molar-refractivity contribution is 0.173. The molecule has 0 N–H and O–H groups in total. The molecule has 1 unspecified atom stereocenters. The minimum atomic E-state index is -0.946. The van der Waals surface area contributed by atoms with Crippen molar-refractivity contribution in [3.8, 4) is 6.07 Å². The molecule has 0 fully saturated rings. The van der Waals surface area contributed by atoms with E-state index in [1.807, 2.05) is 6.92 Å². The molecule has 0 aromatic carbocycles. The van der Waals surface area contributed by atoms with Crippen LogP contribution in [0.3, 0.4) is 0 Å². The number of hydrogen-bond acceptors (Lipinski definition) is 4. The highest BCUT2D eigenvalue weighted by atomic mass is 31.2. The second kappa shape index (κ2) is 8.95. The predicted molar refractivity (Wildman–Crippen MR) is 87.3 cm³/mol. The molecule has 0 rings (SSSR count). The average molecular weight is 301 g/mol. The van der Waals surface area contributed by atoms with E-state index >= 15 is 0 Å². The van der Waals surface area contributed by atoms with Gasteiger partial charge in [0, 0.05) is 24.2 Å². The van der Waals surface area contributed by atoms with Gasteiger partial charge in [-0.25, -0.2) is 9.34 Å². The van der Waals surface area contributed by atoms with Crippen molar-refractivity contribution in [1.82, 2.24) is 9.34 Å². The Morgan fingerprint density at radius 2 is 1.05 bits per heavy atom. The van der Waals surface area contributed by atoms with Gasteiger partial charge in [0.2, 0.25) is 0 Å². The molecule has 0 heterocycles. The summed E-state index contributed by atoms with van der Waals surface area (Å²) in [5.74, 6) is 0. The van der Waals surface area contributed by atoms with Crippen molar-refractivity contribution < 1.29 is 4.52 Å². The third-order valence-corrected chi connectivity index (χ3v) is 6.09. The van der Waals surface area contributed by atoms with Crippen molar-refractivity contribution in [2.75, 3.05) is 0 Å². The summed E-state index contributed by atoms with van der Waals surface area (Å²) in [6.07, 6.45) is -0.388. The van der Waals surface area contributed by atoms with Crippen molar-refractivity contribution in [3.05, 3.63) is 0 Å². The molecule has 20 heavy (non-hydrogen) atoms. The third-order valence-electron chi connectivity index (χ3n) is 2.95. The summed E-state index contributed by atoms with van der Waals surface area (Å²) in [6.45, 7) is 19.3. The largest absolute Gasteiger partial charge is 0.313 e. The van der Waals surface area contributed by atoms with Crippen LogP contribution in [0.25, 0.3) is 0 Å². The smallest absolute Gasteiger partial charge is 0.190 e. The molecule has 1 atom stereocenters. The Kier molecular flexibility index (Phi) is 8.86. The molecule has 0 aliphatic rings. The molecular formula is C15H32N3OP. The van der Waals surface area contributed by atoms with Crippen LogP contribution >= 0.6 is 8.45 Å². The standard InChI is InChI=1S/C15H32N3OP/c1-11(2)17(12(3)4)20(19-15(9)10-16)18(13(5)6)14(7)8/h11-15H,1-9H3. The minimum Gasteiger partial charge on any atom is -0.313 e. The first-order valence-electron chi connectivity index (χ1n) is 7.56. The second-order valence-electron chi connectivity index (χ2n) is 6.26. The van der Waals surface area contributed by atoms with Gasteiger partial charge in [0.25, 0.3) is 0 Å². The van der Waals surface area contributed by atoms with Gasteiger partial charge >= 0.3 is 0 Å². The quantitative estimate of drug-likeness (QED) is 0.624. The van der Waals surface area contributed by atoms with Gasteiger partial charge in [0.15, 0.2) is 8.45 Å². The molecule has 0 radical (unpaired) electrons. The lowest BCUT2D eigenvalue weighted by atomic mass is 10.3. The van der Waals surface area contributed by atoms with Gasteiger partial charge in [0.1, 0.15) is 6.10 Å². The Hall–Kier alpha value is -0.200. The first-order chi connectivity index (χ1) is 9.13. The predicted octanol–water partition coefficient (Wildman–Crippen LogP) is 4.38. The van der Waals surface area contributed by atoms with Crippen LogP contribution in [0.1, 0.15) is 62.3 Å². The van der Waals surface area contributed by atoms with Crippen LogP contribution in [0.5, 0.6) is 0 Å². The minimum absolute atomic E-state index is 0.381. The summed E-state index contributed by atoms with van der Waals surface area (Å²) in [5, 5.41) is 9.10. The van der Waals surface area contributed by atoms with E-state index in [1.54, 1.807) is 0 Å². The molecule has 0 bridgehead atoms. The summed E-state index contributed by atoms with van der Waals surface area (Å²) in [7, 11) is -0.946. The van der Waals surface area contributed by atoms with E-state index in [4.69, 9.17) is 9.79 Å². The highest BCUT2D eigenvalue weighted by molar-refractivity contribution is 7.47. The van der Waals surface area contributed by atoms with Gasteiger partial charge in [-0.3, -0.25) is 0 Å². The van der Waals surface area contributed by atoms with Gasteiger partial charge in [-0.15, -0.1) is 0 Å². The summed E-state index contributed by atoms with van der Waals surface area (Å²) in [5.41, 5.74) is 0. The Morgan fingerprint density at radius 3 is 1.25 bits per heavy atom. The first kappa shape index (κ1) is 19.8. The highest BCUT2D eigenvalue weighted by Crippen LogP contribution is 2.51. The zero-order valence-electron chi connectivity index (χ0n) is 14.6. The fourth-order valence-electron chi connectivity index (χ4n) is 2.38. The zero-order chi connectivity index (χ0) is 16.0. The third kappa shape index (κ3) is 5.66. The summed E-state index contributed by atoms with van der Waals surface area (Å²) in [4.78, 5) is 0. The van der Waals surface area contributed by atoms with E-state index in [0.717, 1.165) is 0 Å². The molecule has 118 valence electrons. The van der Waals surface area contributed by atoms with Crippen LogP contribution in [0.15, 0.2) is 0 Å². The molecular weight excluding hydrogens is 269 g/mol. The molecule has 4 nitrogen and oxygen atoms in total. The Morgan fingerprint density at radius 1 is 0.750 bits per heavy atom. The fraction of sp³-hybridized carbons (Fsp3) is 0.933. The van der Waals surface area contributed by atoms with Crippen LogP contribution in [-0.4, -0.2) is 39.6 Å². The monoisotopic (exact) mass is 301 g/mol. The normalized spacial score (nSPS) is 14.3. The number of rotatable bonds is 8. The number of nitriles is 1. The van der Waals surface area contributed by atoms with Gasteiger partial charge in [-0.1, -0.05) is 0 Å². The van der Waals surface area contributed by atoms with Gasteiger partial charge in [-0.05, 0) is 62.3 Å². The molecule has 0 saturated carbocycles. The van der Waals surface area contributed by atoms with E-state index in [2.05, 4.69) is 70.8 Å². The zero-order valence-corrected chi connectivity index (χ0v) is 15.5. The van der Waals surface area contributed by atoms with Crippen molar-refractivity contribution in [3.63, 3.8) is 0 Å². The molecule has 0 aliphatic carbocycles. The van der Waals surface area contributed by atoms with E-state index < -0.39 is 8.45 Å². The molecule has 0 spiro atoms. The Bertz CT molecular complexity index is 277. The van der Waals surface area contributed by atoms with E-state index in [1.165, 1.54) is 0 Å². The highest BCUT2D eigenvalue weighted by Gasteiger charge is 2.35. The number of hydrogen-bond donors (Lipinski definition) is 0. The second-order valence-corrected chi connectivity index (χ2v) is 7.90. The molecule has 0 aromatic heterocycles. The van der Waals surface area contributed by atoms with Crippen LogP contribution in [-0.2, 0) is 4.52 Å². The Labute approximate surface area is 127 Å². The summed E-state index contributed by atoms with van der Waals surface area (Å²) in [6, 6.07) is 3.73. The fourth-order valence-corrected chi connectivity index (χ4v) is 4.74. The SMILES string of the molecule is CC(C#N)OP(N(C(C)C)C(C)C)N(C(C)C)C(C)C. The van der Waals surface area contributed by atoms with E-state index in [9.17, 15) is 0 Å². The maximum Gasteiger partial charge on any atom is 0.190 e. The van der Waals surface area contributed by atoms with Gasteiger partial charge in [-0.2, -0.15) is 5.26 Å². The van der Waals surface area contributed by atoms with Crippen LogP contribution in [0.2, 0.25) is 0 Å². The van der Waals surface area contributed by atoms with Crippen molar-refractivity contribution in [1.29, 1.82) is 5.26 Å². The van der Waals surface area contributed by atoms with E-state index in [0.29, 0.717) is 24.2 Å². The summed E-state index contributed by atoms with van der Waals surface area (Å²) < 4.78 is 10.9. The average Bonchev–Trinajstić information content (AvgIpc) is 2.26. The van der Waals surface area contributed by atoms with Crippen molar-refractivity contribution >= 4 is 8.45 Å². The molecule has 0 aromatic rings. The lowest BCUT2D eigenvalue weighted by Crippen LogP contribution is -2.43. The van der Waals surface area contributed by atoms with Crippen LogP contribution in [0.4, 0.5) is 0 Å². The maximum atomic E-state index is 9.10. The van der Waals surface area contributed by atoms with Crippen LogP contribution in [0, 0.1) is 11.3 Å². The lowest BCUT2D eigenvalue weighted by Gasteiger charge is -2.46. The molecule has 0 saturated heterocycles. The molecule has 5 heteroatoms. The maximum absolute atomic E-state index is 9.10. The van der Waals surface area contributed by atoms with Gasteiger partial charge in [0.05, 0.1) is 6.07 Å². The summed E-state index contributed by atoms with van der Waals surface area (Å²) >= 11 is 0. The molecule has 0 aliphatic heterocycles. The van der Waals surface area contributed by atoms with Gasteiger partial charge < -0.3 is 4.52 Å². The number of nitrogens with zero attached hydrogens (tertiary/aromatic N) is 3. The van der Waals surface area contributed by atoms with E-state index in [-0.39, 0.29) is 6.10 Å². The molecule has 0 amide bonds. The topological polar surface area (TPSA) is 39.5 Å². The first-order valence-corrected chi connectivity index (χ1v) is 8.72.